The Bertz CT molecular complexity index is 886. The molecule has 0 spiro atoms. The van der Waals surface area contributed by atoms with Crippen LogP contribution in [0.5, 0.6) is 0 Å². The summed E-state index contributed by atoms with van der Waals surface area (Å²) >= 11 is 6.51. The van der Waals surface area contributed by atoms with Gasteiger partial charge >= 0.3 is 0 Å². The average Bonchev–Trinajstić information content (AvgIpc) is 2.65. The molecule has 0 radical (unpaired) electrons. The Hall–Kier alpha value is -2.12. The van der Waals surface area contributed by atoms with Crippen molar-refractivity contribution in [2.75, 3.05) is 10.8 Å². The molecule has 0 atom stereocenters. The van der Waals surface area contributed by atoms with Crippen LogP contribution >= 0.6 is 24.0 Å². The maximum absolute atomic E-state index is 13.5. The average molecular weight is 420 g/mol. The third kappa shape index (κ3) is 5.02. The Labute approximate surface area is 175 Å². The van der Waals surface area contributed by atoms with E-state index < -0.39 is 5.82 Å². The predicted molar refractivity (Wildman–Crippen MR) is 120 cm³/mol. The van der Waals surface area contributed by atoms with Crippen molar-refractivity contribution in [3.63, 3.8) is 0 Å². The minimum absolute atomic E-state index is 0.0552. The van der Waals surface area contributed by atoms with Gasteiger partial charge in [-0.15, -0.1) is 11.8 Å². The summed E-state index contributed by atoms with van der Waals surface area (Å²) in [5, 5.41) is 1.17. The van der Waals surface area contributed by atoms with Crippen molar-refractivity contribution < 1.29 is 9.18 Å². The normalized spacial score (nSPS) is 10.6. The Morgan fingerprint density at radius 1 is 1.11 bits per heavy atom. The highest BCUT2D eigenvalue weighted by molar-refractivity contribution is 7.99. The van der Waals surface area contributed by atoms with Gasteiger partial charge in [0.1, 0.15) is 5.82 Å². The molecule has 0 fully saturated rings. The monoisotopic (exact) mass is 419 g/mol. The summed E-state index contributed by atoms with van der Waals surface area (Å²) in [6, 6.07) is 5.73. The summed E-state index contributed by atoms with van der Waals surface area (Å²) in [5.41, 5.74) is 16.5. The fraction of sp³-hybridized carbons (Fsp3) is 0.333. The number of nitrogens with one attached hydrogen (secondary N) is 1. The standard InChI is InChI=1S/C21H26FN3OS2/c1-12-13(2)15(4)19(16(5)14(12)3)10-28-11-20(26)24-25(21(23)27)18-8-6-7-17(22)9-18/h6-9H,10-11H2,1-5H3,(H2,23,27)(H,24,26). The molecule has 28 heavy (non-hydrogen) atoms. The number of hydrogen-bond donors (Lipinski definition) is 2. The number of nitrogens with zero attached hydrogens (tertiary/aromatic N) is 1. The number of carbonyl (C=O) groups excluding carboxylic acids is 1. The largest absolute Gasteiger partial charge is 0.374 e. The van der Waals surface area contributed by atoms with Crippen LogP contribution in [-0.4, -0.2) is 16.8 Å². The number of anilines is 1. The van der Waals surface area contributed by atoms with Crippen LogP contribution in [0.1, 0.15) is 33.4 Å². The Balaban J connectivity index is 2.04. The van der Waals surface area contributed by atoms with Crippen LogP contribution in [0.3, 0.4) is 0 Å². The lowest BCUT2D eigenvalue weighted by Gasteiger charge is -2.23. The highest BCUT2D eigenvalue weighted by Gasteiger charge is 2.16. The molecule has 0 aliphatic heterocycles. The van der Waals surface area contributed by atoms with E-state index in [1.165, 1.54) is 68.4 Å². The van der Waals surface area contributed by atoms with E-state index in [0.717, 1.165) is 5.75 Å². The molecule has 7 heteroatoms. The first kappa shape index (κ1) is 22.2. The molecule has 4 nitrogen and oxygen atoms in total. The summed E-state index contributed by atoms with van der Waals surface area (Å²) in [6.07, 6.45) is 0. The van der Waals surface area contributed by atoms with Crippen LogP contribution in [0.15, 0.2) is 24.3 Å². The molecule has 0 aliphatic carbocycles. The van der Waals surface area contributed by atoms with Crippen molar-refractivity contribution in [2.24, 2.45) is 5.73 Å². The number of carbonyl (C=O) groups is 1. The Kier molecular flexibility index (Phi) is 7.43. The van der Waals surface area contributed by atoms with Crippen molar-refractivity contribution in [1.29, 1.82) is 0 Å². The van der Waals surface area contributed by atoms with Gasteiger partial charge in [0.05, 0.1) is 11.4 Å². The fourth-order valence-corrected chi connectivity index (χ4v) is 4.20. The number of benzene rings is 2. The zero-order chi connectivity index (χ0) is 21.0. The topological polar surface area (TPSA) is 58.4 Å². The third-order valence-electron chi connectivity index (χ3n) is 5.16. The lowest BCUT2D eigenvalue weighted by molar-refractivity contribution is -0.118. The second-order valence-electron chi connectivity index (χ2n) is 6.78. The van der Waals surface area contributed by atoms with Crippen LogP contribution < -0.4 is 16.2 Å². The molecule has 2 aromatic rings. The molecule has 0 aromatic heterocycles. The Morgan fingerprint density at radius 2 is 1.68 bits per heavy atom. The number of halogens is 1. The van der Waals surface area contributed by atoms with E-state index in [0.29, 0.717) is 5.69 Å². The molecule has 1 amide bonds. The smallest absolute Gasteiger partial charge is 0.248 e. The number of amides is 1. The number of thioether (sulfide) groups is 1. The van der Waals surface area contributed by atoms with Gasteiger partial charge in [-0.05, 0) is 98.4 Å². The minimum Gasteiger partial charge on any atom is -0.374 e. The van der Waals surface area contributed by atoms with Crippen LogP contribution in [-0.2, 0) is 10.5 Å². The molecule has 0 saturated heterocycles. The van der Waals surface area contributed by atoms with E-state index in [1.807, 2.05) is 0 Å². The van der Waals surface area contributed by atoms with Crippen LogP contribution in [0.25, 0.3) is 0 Å². The van der Waals surface area contributed by atoms with Crippen molar-refractivity contribution in [3.05, 3.63) is 63.5 Å². The Morgan fingerprint density at radius 3 is 2.21 bits per heavy atom. The summed E-state index contributed by atoms with van der Waals surface area (Å²) in [7, 11) is 0. The molecule has 2 rings (SSSR count). The van der Waals surface area contributed by atoms with E-state index in [1.54, 1.807) is 6.07 Å². The van der Waals surface area contributed by atoms with Crippen LogP contribution in [0, 0.1) is 40.4 Å². The van der Waals surface area contributed by atoms with Gasteiger partial charge in [0.15, 0.2) is 5.11 Å². The van der Waals surface area contributed by atoms with E-state index in [-0.39, 0.29) is 16.8 Å². The lowest BCUT2D eigenvalue weighted by Crippen LogP contribution is -2.49. The van der Waals surface area contributed by atoms with Gasteiger partial charge in [0.25, 0.3) is 0 Å². The molecular weight excluding hydrogens is 393 g/mol. The molecule has 3 N–H and O–H groups in total. The quantitative estimate of drug-likeness (QED) is 0.556. The van der Waals surface area contributed by atoms with E-state index in [9.17, 15) is 9.18 Å². The second-order valence-corrected chi connectivity index (χ2v) is 8.19. The van der Waals surface area contributed by atoms with E-state index >= 15 is 0 Å². The molecule has 0 heterocycles. The maximum Gasteiger partial charge on any atom is 0.248 e. The zero-order valence-electron chi connectivity index (χ0n) is 16.9. The number of nitrogens with two attached hydrogens (primary N) is 1. The van der Waals surface area contributed by atoms with Crippen molar-refractivity contribution in [2.45, 2.75) is 40.4 Å². The lowest BCUT2D eigenvalue weighted by atomic mass is 9.90. The molecule has 0 unspecified atom stereocenters. The summed E-state index contributed by atoms with van der Waals surface area (Å²) in [6.45, 7) is 10.7. The molecule has 0 saturated carbocycles. The molecular formula is C21H26FN3OS2. The maximum atomic E-state index is 13.5. The van der Waals surface area contributed by atoms with Gasteiger partial charge in [0, 0.05) is 5.75 Å². The molecule has 0 bridgehead atoms. The summed E-state index contributed by atoms with van der Waals surface area (Å²) in [4.78, 5) is 12.4. The van der Waals surface area contributed by atoms with Crippen molar-refractivity contribution >= 4 is 40.7 Å². The van der Waals surface area contributed by atoms with Crippen LogP contribution in [0.4, 0.5) is 10.1 Å². The number of hydrazine groups is 1. The summed E-state index contributed by atoms with van der Waals surface area (Å²) in [5.74, 6) is 0.288. The highest BCUT2D eigenvalue weighted by atomic mass is 32.2. The molecule has 150 valence electrons. The predicted octanol–water partition coefficient (Wildman–Crippen LogP) is 4.38. The van der Waals surface area contributed by atoms with Crippen molar-refractivity contribution in [3.8, 4) is 0 Å². The van der Waals surface area contributed by atoms with Gasteiger partial charge in [0.2, 0.25) is 5.91 Å². The number of hydrogen-bond acceptors (Lipinski definition) is 3. The van der Waals surface area contributed by atoms with Gasteiger partial charge in [-0.2, -0.15) is 0 Å². The van der Waals surface area contributed by atoms with Crippen LogP contribution in [0.2, 0.25) is 0 Å². The van der Waals surface area contributed by atoms with E-state index in [4.69, 9.17) is 18.0 Å². The number of thiocarbonyl (C=S) groups is 1. The second kappa shape index (κ2) is 9.39. The van der Waals surface area contributed by atoms with Gasteiger partial charge in [-0.3, -0.25) is 10.2 Å². The summed E-state index contributed by atoms with van der Waals surface area (Å²) < 4.78 is 13.5. The SMILES string of the molecule is Cc1c(C)c(C)c(CSCC(=O)NN(C(N)=S)c2cccc(F)c2)c(C)c1C. The van der Waals surface area contributed by atoms with Gasteiger partial charge < -0.3 is 5.73 Å². The third-order valence-corrected chi connectivity index (χ3v) is 6.30. The minimum atomic E-state index is -0.432. The first-order chi connectivity index (χ1) is 13.1. The molecule has 0 aliphatic rings. The number of rotatable bonds is 5. The highest BCUT2D eigenvalue weighted by Crippen LogP contribution is 2.28. The van der Waals surface area contributed by atoms with Crippen molar-refractivity contribution in [1.82, 2.24) is 5.43 Å². The van der Waals surface area contributed by atoms with E-state index in [2.05, 4.69) is 40.0 Å². The first-order valence-corrected chi connectivity index (χ1v) is 10.5. The van der Waals surface area contributed by atoms with Gasteiger partial charge in [-0.25, -0.2) is 9.40 Å². The zero-order valence-corrected chi connectivity index (χ0v) is 18.5. The van der Waals surface area contributed by atoms with Gasteiger partial charge in [-0.1, -0.05) is 6.07 Å². The molecule has 2 aromatic carbocycles. The fourth-order valence-electron chi connectivity index (χ4n) is 3.06. The first-order valence-electron chi connectivity index (χ1n) is 8.91.